The van der Waals surface area contributed by atoms with Crippen LogP contribution in [-0.2, 0) is 19.4 Å². The molecule has 1 aliphatic rings. The van der Waals surface area contributed by atoms with Gasteiger partial charge < -0.3 is 9.67 Å². The normalized spacial score (nSPS) is 14.5. The maximum absolute atomic E-state index is 13.1. The van der Waals surface area contributed by atoms with Gasteiger partial charge in [0.15, 0.2) is 0 Å². The van der Waals surface area contributed by atoms with Gasteiger partial charge in [-0.05, 0) is 48.9 Å². The summed E-state index contributed by atoms with van der Waals surface area (Å²) in [6.45, 7) is 0.335. The summed E-state index contributed by atoms with van der Waals surface area (Å²) in [7, 11) is 0. The summed E-state index contributed by atoms with van der Waals surface area (Å²) in [5.74, 6) is -1.36. The molecule has 1 aromatic heterocycles. The predicted octanol–water partition coefficient (Wildman–Crippen LogP) is 3.39. The zero-order chi connectivity index (χ0) is 17.1. The Morgan fingerprint density at radius 2 is 1.75 bits per heavy atom. The Balaban J connectivity index is 2.10. The quantitative estimate of drug-likeness (QED) is 0.939. The van der Waals surface area contributed by atoms with Crippen LogP contribution in [0.2, 0.25) is 0 Å². The number of halogens is 1. The third-order valence-corrected chi connectivity index (χ3v) is 4.61. The number of carboxylic acids is 1. The van der Waals surface area contributed by atoms with Gasteiger partial charge in [0.1, 0.15) is 5.82 Å². The summed E-state index contributed by atoms with van der Waals surface area (Å²) in [5.41, 5.74) is 2.25. The van der Waals surface area contributed by atoms with Crippen LogP contribution in [0.1, 0.15) is 52.9 Å². The van der Waals surface area contributed by atoms with Gasteiger partial charge in [-0.3, -0.25) is 4.79 Å². The van der Waals surface area contributed by atoms with E-state index >= 15 is 0 Å². The Labute approximate surface area is 139 Å². The van der Waals surface area contributed by atoms with Crippen LogP contribution in [0.15, 0.2) is 35.1 Å². The molecule has 1 aromatic carbocycles. The highest BCUT2D eigenvalue weighted by Crippen LogP contribution is 2.23. The summed E-state index contributed by atoms with van der Waals surface area (Å²) in [4.78, 5) is 24.1. The fourth-order valence-electron chi connectivity index (χ4n) is 3.39. The Morgan fingerprint density at radius 3 is 2.42 bits per heavy atom. The van der Waals surface area contributed by atoms with Crippen molar-refractivity contribution in [2.45, 2.75) is 45.1 Å². The molecule has 0 saturated heterocycles. The molecule has 2 aromatic rings. The number of carboxylic acid groups (broad SMARTS) is 1. The molecule has 5 heteroatoms. The van der Waals surface area contributed by atoms with Crippen LogP contribution in [0.25, 0.3) is 0 Å². The molecule has 1 aliphatic carbocycles. The molecule has 0 amide bonds. The third-order valence-electron chi connectivity index (χ3n) is 4.61. The summed E-state index contributed by atoms with van der Waals surface area (Å²) in [5, 5.41) is 9.45. The van der Waals surface area contributed by atoms with Gasteiger partial charge in [-0.1, -0.05) is 25.0 Å². The second kappa shape index (κ2) is 6.99. The first-order valence-electron chi connectivity index (χ1n) is 8.29. The third kappa shape index (κ3) is 3.40. The molecule has 4 nitrogen and oxygen atoms in total. The van der Waals surface area contributed by atoms with E-state index in [-0.39, 0.29) is 16.9 Å². The summed E-state index contributed by atoms with van der Waals surface area (Å²) < 4.78 is 14.7. The number of aromatic carboxylic acids is 1. The summed E-state index contributed by atoms with van der Waals surface area (Å²) in [6, 6.07) is 7.28. The highest BCUT2D eigenvalue weighted by Gasteiger charge is 2.20. The first kappa shape index (κ1) is 16.4. The average molecular weight is 329 g/mol. The van der Waals surface area contributed by atoms with Crippen molar-refractivity contribution in [3.8, 4) is 0 Å². The predicted molar refractivity (Wildman–Crippen MR) is 89.0 cm³/mol. The average Bonchev–Trinajstić information content (AvgIpc) is 2.52. The van der Waals surface area contributed by atoms with Gasteiger partial charge in [-0.15, -0.1) is 0 Å². The van der Waals surface area contributed by atoms with E-state index in [1.807, 2.05) is 0 Å². The minimum Gasteiger partial charge on any atom is -0.478 e. The van der Waals surface area contributed by atoms with Crippen LogP contribution in [0.4, 0.5) is 4.39 Å². The van der Waals surface area contributed by atoms with E-state index in [0.29, 0.717) is 19.4 Å². The van der Waals surface area contributed by atoms with Gasteiger partial charge in [-0.25, -0.2) is 9.18 Å². The number of carbonyl (C=O) groups is 1. The number of hydrogen-bond donors (Lipinski definition) is 1. The summed E-state index contributed by atoms with van der Waals surface area (Å²) in [6.07, 6.45) is 5.42. The lowest BCUT2D eigenvalue weighted by molar-refractivity contribution is 0.0695. The van der Waals surface area contributed by atoms with Crippen molar-refractivity contribution < 1.29 is 14.3 Å². The largest absolute Gasteiger partial charge is 0.478 e. The smallest absolute Gasteiger partial charge is 0.336 e. The molecule has 0 fully saturated rings. The van der Waals surface area contributed by atoms with Crippen molar-refractivity contribution in [2.75, 3.05) is 0 Å². The number of fused-ring (bicyclic) bond motifs is 1. The van der Waals surface area contributed by atoms with Gasteiger partial charge in [-0.2, -0.15) is 0 Å². The topological polar surface area (TPSA) is 59.3 Å². The molecule has 0 atom stereocenters. The molecule has 0 radical (unpaired) electrons. The number of benzene rings is 1. The zero-order valence-electron chi connectivity index (χ0n) is 13.4. The zero-order valence-corrected chi connectivity index (χ0v) is 13.4. The Bertz CT molecular complexity index is 809. The highest BCUT2D eigenvalue weighted by atomic mass is 19.1. The molecule has 1 N–H and O–H groups in total. The Hall–Kier alpha value is -2.43. The number of nitrogens with zero attached hydrogens (tertiary/aromatic N) is 1. The van der Waals surface area contributed by atoms with Crippen LogP contribution in [0.3, 0.4) is 0 Å². The molecule has 0 aliphatic heterocycles. The van der Waals surface area contributed by atoms with Gasteiger partial charge >= 0.3 is 5.97 Å². The lowest BCUT2D eigenvalue weighted by atomic mass is 9.93. The highest BCUT2D eigenvalue weighted by molar-refractivity contribution is 5.89. The SMILES string of the molecule is O=C(O)c1cc(=O)n(Cc2ccc(F)cc2)c2c1CCCCCC2. The molecule has 3 rings (SSSR count). The number of aromatic nitrogens is 1. The van der Waals surface area contributed by atoms with E-state index in [9.17, 15) is 19.1 Å². The molecule has 126 valence electrons. The van der Waals surface area contributed by atoms with E-state index in [4.69, 9.17) is 0 Å². The maximum atomic E-state index is 13.1. The van der Waals surface area contributed by atoms with Crippen molar-refractivity contribution in [3.05, 3.63) is 68.9 Å². The summed E-state index contributed by atoms with van der Waals surface area (Å²) >= 11 is 0. The van der Waals surface area contributed by atoms with Crippen molar-refractivity contribution in [1.82, 2.24) is 4.57 Å². The second-order valence-corrected chi connectivity index (χ2v) is 6.25. The fourth-order valence-corrected chi connectivity index (χ4v) is 3.39. The second-order valence-electron chi connectivity index (χ2n) is 6.25. The van der Waals surface area contributed by atoms with Crippen molar-refractivity contribution in [1.29, 1.82) is 0 Å². The fraction of sp³-hybridized carbons (Fsp3) is 0.368. The van der Waals surface area contributed by atoms with Crippen LogP contribution < -0.4 is 5.56 Å². The van der Waals surface area contributed by atoms with Crippen LogP contribution in [-0.4, -0.2) is 15.6 Å². The molecule has 1 heterocycles. The van der Waals surface area contributed by atoms with E-state index in [2.05, 4.69) is 0 Å². The standard InChI is InChI=1S/C19H20FNO3/c20-14-9-7-13(8-10-14)12-21-17-6-4-2-1-3-5-15(17)16(19(23)24)11-18(21)22/h7-11H,1-6,12H2,(H,23,24). The first-order valence-corrected chi connectivity index (χ1v) is 8.29. The molecule has 0 saturated carbocycles. The lowest BCUT2D eigenvalue weighted by Gasteiger charge is -2.21. The lowest BCUT2D eigenvalue weighted by Crippen LogP contribution is -2.28. The molecular weight excluding hydrogens is 309 g/mol. The van der Waals surface area contributed by atoms with E-state index in [1.54, 1.807) is 16.7 Å². The van der Waals surface area contributed by atoms with Crippen molar-refractivity contribution in [2.24, 2.45) is 0 Å². The molecule has 0 unspecified atom stereocenters. The number of rotatable bonds is 3. The van der Waals surface area contributed by atoms with Crippen LogP contribution >= 0.6 is 0 Å². The van der Waals surface area contributed by atoms with Gasteiger partial charge in [0.25, 0.3) is 5.56 Å². The number of pyridine rings is 1. The monoisotopic (exact) mass is 329 g/mol. The Morgan fingerprint density at radius 1 is 1.08 bits per heavy atom. The van der Waals surface area contributed by atoms with E-state index < -0.39 is 5.97 Å². The van der Waals surface area contributed by atoms with Gasteiger partial charge in [0.05, 0.1) is 12.1 Å². The van der Waals surface area contributed by atoms with Crippen molar-refractivity contribution in [3.63, 3.8) is 0 Å². The minimum atomic E-state index is -1.04. The van der Waals surface area contributed by atoms with E-state index in [0.717, 1.165) is 42.5 Å². The molecule has 24 heavy (non-hydrogen) atoms. The Kier molecular flexibility index (Phi) is 4.79. The molecular formula is C19H20FNO3. The van der Waals surface area contributed by atoms with Crippen molar-refractivity contribution >= 4 is 5.97 Å². The molecule has 0 bridgehead atoms. The van der Waals surface area contributed by atoms with Crippen LogP contribution in [0.5, 0.6) is 0 Å². The maximum Gasteiger partial charge on any atom is 0.336 e. The van der Waals surface area contributed by atoms with E-state index in [1.165, 1.54) is 18.2 Å². The van der Waals surface area contributed by atoms with Gasteiger partial charge in [0, 0.05) is 11.8 Å². The molecule has 0 spiro atoms. The number of hydrogen-bond acceptors (Lipinski definition) is 2. The first-order chi connectivity index (χ1) is 11.6. The van der Waals surface area contributed by atoms with Gasteiger partial charge in [0.2, 0.25) is 0 Å². The minimum absolute atomic E-state index is 0.132. The van der Waals surface area contributed by atoms with Crippen LogP contribution in [0, 0.1) is 5.82 Å².